The molecule has 0 radical (unpaired) electrons. The molecule has 1 rings (SSSR count). The molecule has 0 spiro atoms. The topological polar surface area (TPSA) is 49.3 Å². The lowest BCUT2D eigenvalue weighted by molar-refractivity contribution is -0.143. The minimum atomic E-state index is -0.836. The van der Waals surface area contributed by atoms with Crippen LogP contribution in [0.2, 0.25) is 0 Å². The van der Waals surface area contributed by atoms with Gasteiger partial charge >= 0.3 is 5.97 Å². The summed E-state index contributed by atoms with van der Waals surface area (Å²) in [4.78, 5) is 12.0. The Kier molecular flexibility index (Phi) is 3.66. The minimum Gasteiger partial charge on any atom is -0.480 e. The summed E-state index contributed by atoms with van der Waals surface area (Å²) in [5.74, 6) is -0.816. The van der Waals surface area contributed by atoms with Crippen LogP contribution in [0.1, 0.15) is 18.7 Å². The zero-order chi connectivity index (χ0) is 10.6. The van der Waals surface area contributed by atoms with Crippen LogP contribution >= 0.6 is 11.3 Å². The summed E-state index contributed by atoms with van der Waals surface area (Å²) < 4.78 is 0. The smallest absolute Gasteiger partial charge is 0.323 e. The third-order valence-corrected chi connectivity index (χ3v) is 2.99. The molecular formula is C10H15NO2S. The van der Waals surface area contributed by atoms with Crippen LogP contribution in [0.25, 0.3) is 0 Å². The van der Waals surface area contributed by atoms with Gasteiger partial charge in [0.05, 0.1) is 0 Å². The Hall–Kier alpha value is -0.870. The maximum Gasteiger partial charge on any atom is 0.323 e. The van der Waals surface area contributed by atoms with Crippen molar-refractivity contribution in [2.24, 2.45) is 0 Å². The first-order valence-electron chi connectivity index (χ1n) is 4.53. The number of aliphatic carboxylic acids is 1. The number of hydrogen-bond donors (Lipinski definition) is 2. The highest BCUT2D eigenvalue weighted by Crippen LogP contribution is 2.09. The minimum absolute atomic E-state index is 0.694. The Morgan fingerprint density at radius 1 is 1.64 bits per heavy atom. The van der Waals surface area contributed by atoms with E-state index in [1.165, 1.54) is 4.88 Å². The Labute approximate surface area is 87.8 Å². The zero-order valence-electron chi connectivity index (χ0n) is 8.41. The van der Waals surface area contributed by atoms with Gasteiger partial charge in [-0.15, -0.1) is 11.3 Å². The van der Waals surface area contributed by atoms with Crippen LogP contribution in [0.4, 0.5) is 0 Å². The fraction of sp³-hybridized carbons (Fsp3) is 0.500. The van der Waals surface area contributed by atoms with Crippen molar-refractivity contribution in [3.05, 3.63) is 22.4 Å². The van der Waals surface area contributed by atoms with Crippen LogP contribution in [0.3, 0.4) is 0 Å². The molecule has 3 nitrogen and oxygen atoms in total. The number of hydrogen-bond acceptors (Lipinski definition) is 3. The SMILES string of the molecule is CC(C)(NCCc1cccs1)C(=O)O. The number of rotatable bonds is 5. The second-order valence-corrected chi connectivity index (χ2v) is 4.72. The molecule has 2 N–H and O–H groups in total. The van der Waals surface area contributed by atoms with Gasteiger partial charge in [-0.1, -0.05) is 6.07 Å². The van der Waals surface area contributed by atoms with E-state index in [2.05, 4.69) is 11.4 Å². The fourth-order valence-electron chi connectivity index (χ4n) is 1.03. The van der Waals surface area contributed by atoms with Crippen molar-refractivity contribution in [1.82, 2.24) is 5.32 Å². The van der Waals surface area contributed by atoms with E-state index in [0.717, 1.165) is 6.42 Å². The van der Waals surface area contributed by atoms with Gasteiger partial charge in [-0.3, -0.25) is 4.79 Å². The molecule has 1 aromatic heterocycles. The monoisotopic (exact) mass is 213 g/mol. The lowest BCUT2D eigenvalue weighted by Gasteiger charge is -2.20. The van der Waals surface area contributed by atoms with Gasteiger partial charge in [0.15, 0.2) is 0 Å². The van der Waals surface area contributed by atoms with E-state index in [4.69, 9.17) is 5.11 Å². The molecule has 0 aromatic carbocycles. The van der Waals surface area contributed by atoms with Crippen LogP contribution in [-0.4, -0.2) is 23.2 Å². The first kappa shape index (κ1) is 11.2. The maximum absolute atomic E-state index is 10.8. The van der Waals surface area contributed by atoms with E-state index in [-0.39, 0.29) is 0 Å². The first-order chi connectivity index (χ1) is 6.52. The van der Waals surface area contributed by atoms with Gasteiger partial charge in [0.25, 0.3) is 0 Å². The van der Waals surface area contributed by atoms with Crippen molar-refractivity contribution in [3.8, 4) is 0 Å². The molecule has 14 heavy (non-hydrogen) atoms. The largest absolute Gasteiger partial charge is 0.480 e. The van der Waals surface area contributed by atoms with Crippen molar-refractivity contribution >= 4 is 17.3 Å². The van der Waals surface area contributed by atoms with E-state index in [1.807, 2.05) is 11.4 Å². The summed E-state index contributed by atoms with van der Waals surface area (Å²) in [5.41, 5.74) is -0.836. The molecule has 0 aliphatic heterocycles. The average Bonchev–Trinajstić information content (AvgIpc) is 2.56. The Balaban J connectivity index is 2.31. The molecule has 0 unspecified atom stereocenters. The van der Waals surface area contributed by atoms with Gasteiger partial charge in [0, 0.05) is 11.4 Å². The Morgan fingerprint density at radius 2 is 2.36 bits per heavy atom. The molecule has 0 amide bonds. The van der Waals surface area contributed by atoms with Crippen LogP contribution in [0.15, 0.2) is 17.5 Å². The highest BCUT2D eigenvalue weighted by atomic mass is 32.1. The predicted molar refractivity (Wildman–Crippen MR) is 57.7 cm³/mol. The van der Waals surface area contributed by atoms with E-state index in [0.29, 0.717) is 6.54 Å². The van der Waals surface area contributed by atoms with E-state index >= 15 is 0 Å². The lowest BCUT2D eigenvalue weighted by atomic mass is 10.1. The lowest BCUT2D eigenvalue weighted by Crippen LogP contribution is -2.47. The van der Waals surface area contributed by atoms with Gasteiger partial charge in [-0.25, -0.2) is 0 Å². The van der Waals surface area contributed by atoms with Gasteiger partial charge in [0.2, 0.25) is 0 Å². The summed E-state index contributed by atoms with van der Waals surface area (Å²) >= 11 is 1.69. The molecule has 0 saturated carbocycles. The van der Waals surface area contributed by atoms with Crippen molar-refractivity contribution < 1.29 is 9.90 Å². The number of carboxylic acids is 1. The first-order valence-corrected chi connectivity index (χ1v) is 5.41. The standard InChI is InChI=1S/C10H15NO2S/c1-10(2,9(12)13)11-6-5-8-4-3-7-14-8/h3-4,7,11H,5-6H2,1-2H3,(H,12,13). The van der Waals surface area contributed by atoms with Crippen molar-refractivity contribution in [1.29, 1.82) is 0 Å². The molecule has 0 saturated heterocycles. The fourth-order valence-corrected chi connectivity index (χ4v) is 1.74. The quantitative estimate of drug-likeness (QED) is 0.783. The van der Waals surface area contributed by atoms with Crippen LogP contribution in [0, 0.1) is 0 Å². The van der Waals surface area contributed by atoms with Crippen LogP contribution < -0.4 is 5.32 Å². The van der Waals surface area contributed by atoms with E-state index in [9.17, 15) is 4.79 Å². The second-order valence-electron chi connectivity index (χ2n) is 3.69. The molecule has 0 atom stereocenters. The van der Waals surface area contributed by atoms with Gasteiger partial charge in [-0.05, 0) is 31.7 Å². The molecule has 4 heteroatoms. The normalized spacial score (nSPS) is 11.6. The van der Waals surface area contributed by atoms with Gasteiger partial charge < -0.3 is 10.4 Å². The molecule has 0 bridgehead atoms. The molecule has 1 heterocycles. The van der Waals surface area contributed by atoms with Crippen molar-refractivity contribution in [2.75, 3.05) is 6.54 Å². The van der Waals surface area contributed by atoms with Crippen LogP contribution in [-0.2, 0) is 11.2 Å². The molecule has 78 valence electrons. The Morgan fingerprint density at radius 3 is 2.86 bits per heavy atom. The third kappa shape index (κ3) is 3.12. The third-order valence-electron chi connectivity index (χ3n) is 2.05. The molecule has 0 aliphatic carbocycles. The van der Waals surface area contributed by atoms with E-state index in [1.54, 1.807) is 25.2 Å². The molecular weight excluding hydrogens is 198 g/mol. The number of nitrogens with one attached hydrogen (secondary N) is 1. The van der Waals surface area contributed by atoms with Crippen LogP contribution in [0.5, 0.6) is 0 Å². The number of thiophene rings is 1. The molecule has 0 aliphatic rings. The average molecular weight is 213 g/mol. The van der Waals surface area contributed by atoms with Crippen molar-refractivity contribution in [3.63, 3.8) is 0 Å². The maximum atomic E-state index is 10.8. The molecule has 0 fully saturated rings. The Bertz CT molecular complexity index is 293. The van der Waals surface area contributed by atoms with E-state index < -0.39 is 11.5 Å². The predicted octanol–water partition coefficient (Wildman–Crippen LogP) is 1.74. The van der Waals surface area contributed by atoms with Crippen molar-refractivity contribution in [2.45, 2.75) is 25.8 Å². The number of carboxylic acid groups (broad SMARTS) is 1. The molecule has 1 aromatic rings. The summed E-state index contributed by atoms with van der Waals surface area (Å²) in [5, 5.41) is 13.9. The highest BCUT2D eigenvalue weighted by Gasteiger charge is 2.25. The van der Waals surface area contributed by atoms with Gasteiger partial charge in [-0.2, -0.15) is 0 Å². The highest BCUT2D eigenvalue weighted by molar-refractivity contribution is 7.09. The summed E-state index contributed by atoms with van der Waals surface area (Å²) in [6, 6.07) is 4.06. The van der Waals surface area contributed by atoms with Gasteiger partial charge in [0.1, 0.15) is 5.54 Å². The summed E-state index contributed by atoms with van der Waals surface area (Å²) in [6.45, 7) is 4.04. The summed E-state index contributed by atoms with van der Waals surface area (Å²) in [7, 11) is 0. The second kappa shape index (κ2) is 4.57. The summed E-state index contributed by atoms with van der Waals surface area (Å²) in [6.07, 6.45) is 0.883. The zero-order valence-corrected chi connectivity index (χ0v) is 9.23. The number of carbonyl (C=O) groups is 1.